The summed E-state index contributed by atoms with van der Waals surface area (Å²) in [6.07, 6.45) is 4.83. The standard InChI is InChI=1S/C12H17N3O3/c1-8-4-3-6-15(9(8)12(17)18)10-11(16)14(2)7-5-13-10/h5,7-9H,3-4,6H2,1-2H3,(H,17,18). The average Bonchev–Trinajstić information content (AvgIpc) is 2.32. The molecule has 1 aliphatic rings. The molecule has 0 radical (unpaired) electrons. The second kappa shape index (κ2) is 4.80. The third-order valence-electron chi connectivity index (χ3n) is 3.46. The van der Waals surface area contributed by atoms with Crippen molar-refractivity contribution in [1.82, 2.24) is 9.55 Å². The summed E-state index contributed by atoms with van der Waals surface area (Å²) in [4.78, 5) is 29.1. The quantitative estimate of drug-likeness (QED) is 0.827. The predicted octanol–water partition coefficient (Wildman–Crippen LogP) is 0.470. The van der Waals surface area contributed by atoms with E-state index in [0.29, 0.717) is 6.54 Å². The van der Waals surface area contributed by atoms with E-state index in [1.54, 1.807) is 18.1 Å². The molecule has 2 rings (SSSR count). The van der Waals surface area contributed by atoms with Crippen LogP contribution in [0.3, 0.4) is 0 Å². The van der Waals surface area contributed by atoms with Crippen LogP contribution in [0.15, 0.2) is 17.2 Å². The minimum Gasteiger partial charge on any atom is -0.480 e. The first-order chi connectivity index (χ1) is 8.52. The Bertz CT molecular complexity index is 512. The fraction of sp³-hybridized carbons (Fsp3) is 0.583. The normalized spacial score (nSPS) is 24.0. The molecule has 0 aliphatic carbocycles. The van der Waals surface area contributed by atoms with E-state index in [0.717, 1.165) is 12.8 Å². The van der Waals surface area contributed by atoms with Crippen LogP contribution in [-0.2, 0) is 11.8 Å². The van der Waals surface area contributed by atoms with E-state index in [1.165, 1.54) is 10.8 Å². The van der Waals surface area contributed by atoms with Gasteiger partial charge in [0.15, 0.2) is 5.82 Å². The Kier molecular flexibility index (Phi) is 3.36. The Labute approximate surface area is 105 Å². The van der Waals surface area contributed by atoms with Gasteiger partial charge in [0.05, 0.1) is 0 Å². The zero-order chi connectivity index (χ0) is 13.3. The van der Waals surface area contributed by atoms with E-state index >= 15 is 0 Å². The third kappa shape index (κ3) is 2.10. The van der Waals surface area contributed by atoms with Crippen LogP contribution in [0, 0.1) is 5.92 Å². The van der Waals surface area contributed by atoms with Crippen LogP contribution in [0.4, 0.5) is 5.82 Å². The lowest BCUT2D eigenvalue weighted by Gasteiger charge is -2.37. The van der Waals surface area contributed by atoms with E-state index in [2.05, 4.69) is 4.98 Å². The summed E-state index contributed by atoms with van der Waals surface area (Å²) in [7, 11) is 1.64. The summed E-state index contributed by atoms with van der Waals surface area (Å²) in [5, 5.41) is 9.32. The maximum absolute atomic E-state index is 12.0. The van der Waals surface area contributed by atoms with Crippen LogP contribution in [0.5, 0.6) is 0 Å². The number of nitrogens with zero attached hydrogens (tertiary/aromatic N) is 3. The smallest absolute Gasteiger partial charge is 0.326 e. The lowest BCUT2D eigenvalue weighted by molar-refractivity contribution is -0.140. The Balaban J connectivity index is 2.44. The maximum atomic E-state index is 12.0. The number of aliphatic carboxylic acids is 1. The molecular weight excluding hydrogens is 234 g/mol. The molecule has 0 saturated carbocycles. The topological polar surface area (TPSA) is 75.4 Å². The zero-order valence-corrected chi connectivity index (χ0v) is 10.5. The van der Waals surface area contributed by atoms with Gasteiger partial charge in [-0.2, -0.15) is 0 Å². The zero-order valence-electron chi connectivity index (χ0n) is 10.5. The highest BCUT2D eigenvalue weighted by Gasteiger charge is 2.36. The van der Waals surface area contributed by atoms with E-state index in [-0.39, 0.29) is 17.3 Å². The molecule has 1 aliphatic heterocycles. The minimum atomic E-state index is -0.894. The van der Waals surface area contributed by atoms with E-state index in [1.807, 2.05) is 6.92 Å². The molecule has 0 amide bonds. The molecule has 1 aromatic rings. The summed E-state index contributed by atoms with van der Waals surface area (Å²) < 4.78 is 1.42. The Morgan fingerprint density at radius 2 is 2.28 bits per heavy atom. The first-order valence-electron chi connectivity index (χ1n) is 6.03. The van der Waals surface area contributed by atoms with Crippen LogP contribution in [0.2, 0.25) is 0 Å². The summed E-state index contributed by atoms with van der Waals surface area (Å²) in [6.45, 7) is 2.46. The molecule has 6 nitrogen and oxygen atoms in total. The number of anilines is 1. The Morgan fingerprint density at radius 1 is 1.56 bits per heavy atom. The molecule has 2 unspecified atom stereocenters. The van der Waals surface area contributed by atoms with Crippen molar-refractivity contribution < 1.29 is 9.90 Å². The van der Waals surface area contributed by atoms with Gasteiger partial charge in [-0.25, -0.2) is 9.78 Å². The number of hydrogen-bond donors (Lipinski definition) is 1. The van der Waals surface area contributed by atoms with Crippen LogP contribution >= 0.6 is 0 Å². The van der Waals surface area contributed by atoms with Crippen LogP contribution in [0.25, 0.3) is 0 Å². The number of carboxylic acids is 1. The molecule has 2 heterocycles. The fourth-order valence-corrected chi connectivity index (χ4v) is 2.48. The van der Waals surface area contributed by atoms with Gasteiger partial charge in [0, 0.05) is 26.0 Å². The van der Waals surface area contributed by atoms with Crippen molar-refractivity contribution in [3.63, 3.8) is 0 Å². The van der Waals surface area contributed by atoms with Gasteiger partial charge in [0.1, 0.15) is 6.04 Å². The third-order valence-corrected chi connectivity index (χ3v) is 3.46. The van der Waals surface area contributed by atoms with Gasteiger partial charge < -0.3 is 14.6 Å². The number of aryl methyl sites for hydroxylation is 1. The van der Waals surface area contributed by atoms with Crippen molar-refractivity contribution >= 4 is 11.8 Å². The molecule has 98 valence electrons. The molecule has 18 heavy (non-hydrogen) atoms. The number of piperidine rings is 1. The van der Waals surface area contributed by atoms with Crippen molar-refractivity contribution in [2.24, 2.45) is 13.0 Å². The molecular formula is C12H17N3O3. The van der Waals surface area contributed by atoms with E-state index in [4.69, 9.17) is 0 Å². The summed E-state index contributed by atoms with van der Waals surface area (Å²) >= 11 is 0. The Hall–Kier alpha value is -1.85. The lowest BCUT2D eigenvalue weighted by atomic mass is 9.91. The molecule has 1 N–H and O–H groups in total. The highest BCUT2D eigenvalue weighted by atomic mass is 16.4. The van der Waals surface area contributed by atoms with Crippen molar-refractivity contribution in [1.29, 1.82) is 0 Å². The first-order valence-corrected chi connectivity index (χ1v) is 6.03. The Morgan fingerprint density at radius 3 is 2.94 bits per heavy atom. The van der Waals surface area contributed by atoms with Gasteiger partial charge in [-0.1, -0.05) is 6.92 Å². The first kappa shape index (κ1) is 12.6. The molecule has 0 spiro atoms. The lowest BCUT2D eigenvalue weighted by Crippen LogP contribution is -2.51. The maximum Gasteiger partial charge on any atom is 0.326 e. The fourth-order valence-electron chi connectivity index (χ4n) is 2.48. The molecule has 0 bridgehead atoms. The SMILES string of the molecule is CC1CCCN(c2nccn(C)c2=O)C1C(=O)O. The molecule has 0 aromatic carbocycles. The average molecular weight is 251 g/mol. The van der Waals surface area contributed by atoms with Crippen LogP contribution < -0.4 is 10.5 Å². The number of carbonyl (C=O) groups is 1. The van der Waals surface area contributed by atoms with Crippen molar-refractivity contribution in [2.45, 2.75) is 25.8 Å². The van der Waals surface area contributed by atoms with Gasteiger partial charge in [0.2, 0.25) is 0 Å². The largest absolute Gasteiger partial charge is 0.480 e. The van der Waals surface area contributed by atoms with E-state index < -0.39 is 12.0 Å². The van der Waals surface area contributed by atoms with Gasteiger partial charge in [-0.3, -0.25) is 4.79 Å². The second-order valence-corrected chi connectivity index (χ2v) is 4.76. The summed E-state index contributed by atoms with van der Waals surface area (Å²) in [5.41, 5.74) is -0.252. The number of hydrogen-bond acceptors (Lipinski definition) is 4. The predicted molar refractivity (Wildman–Crippen MR) is 66.6 cm³/mol. The van der Waals surface area contributed by atoms with Crippen molar-refractivity contribution in [2.75, 3.05) is 11.4 Å². The molecule has 6 heteroatoms. The van der Waals surface area contributed by atoms with Crippen molar-refractivity contribution in [3.05, 3.63) is 22.7 Å². The second-order valence-electron chi connectivity index (χ2n) is 4.76. The van der Waals surface area contributed by atoms with Gasteiger partial charge in [-0.05, 0) is 18.8 Å². The molecule has 1 fully saturated rings. The minimum absolute atomic E-state index is 0.0166. The van der Waals surface area contributed by atoms with Crippen LogP contribution in [-0.4, -0.2) is 33.2 Å². The van der Waals surface area contributed by atoms with E-state index in [9.17, 15) is 14.7 Å². The molecule has 1 saturated heterocycles. The highest BCUT2D eigenvalue weighted by molar-refractivity contribution is 5.78. The monoisotopic (exact) mass is 251 g/mol. The van der Waals surface area contributed by atoms with Gasteiger partial charge >= 0.3 is 5.97 Å². The van der Waals surface area contributed by atoms with Gasteiger partial charge in [-0.15, -0.1) is 0 Å². The highest BCUT2D eigenvalue weighted by Crippen LogP contribution is 2.25. The summed E-state index contributed by atoms with van der Waals surface area (Å²) in [5.74, 6) is -0.642. The number of aromatic nitrogens is 2. The van der Waals surface area contributed by atoms with Gasteiger partial charge in [0.25, 0.3) is 5.56 Å². The molecule has 1 aromatic heterocycles. The van der Waals surface area contributed by atoms with Crippen LogP contribution in [0.1, 0.15) is 19.8 Å². The molecule has 2 atom stereocenters. The number of carboxylic acid groups (broad SMARTS) is 1. The summed E-state index contributed by atoms with van der Waals surface area (Å²) in [6, 6.07) is -0.665. The number of rotatable bonds is 2. The van der Waals surface area contributed by atoms with Crippen molar-refractivity contribution in [3.8, 4) is 0 Å².